The number of anilines is 1. The molecule has 0 aliphatic carbocycles. The van der Waals surface area contributed by atoms with Crippen LogP contribution in [0, 0.1) is 6.92 Å². The standard InChI is InChI=1S/C24H21N7O3/c1-16-12-21(28-22(32)14-34-20-11-7-6-10-19(20)33-2)31(29-16)24-18-13-27-30(23(18)25-15-26-24)17-8-4-3-5-9-17/h3-13,15H,14H2,1-2H3,(H,28,32). The second kappa shape index (κ2) is 9.02. The second-order valence-corrected chi connectivity index (χ2v) is 7.40. The summed E-state index contributed by atoms with van der Waals surface area (Å²) < 4.78 is 14.2. The van der Waals surface area contributed by atoms with Gasteiger partial charge in [-0.15, -0.1) is 0 Å². The summed E-state index contributed by atoms with van der Waals surface area (Å²) in [5.41, 5.74) is 2.21. The zero-order valence-corrected chi connectivity index (χ0v) is 18.5. The van der Waals surface area contributed by atoms with Gasteiger partial charge < -0.3 is 14.8 Å². The molecule has 0 fully saturated rings. The summed E-state index contributed by atoms with van der Waals surface area (Å²) in [7, 11) is 1.55. The van der Waals surface area contributed by atoms with Crippen molar-refractivity contribution in [3.05, 3.63) is 78.9 Å². The highest BCUT2D eigenvalue weighted by atomic mass is 16.5. The number of benzene rings is 2. The first-order valence-corrected chi connectivity index (χ1v) is 10.5. The molecule has 5 rings (SSSR count). The minimum Gasteiger partial charge on any atom is -0.493 e. The Morgan fingerprint density at radius 3 is 2.56 bits per heavy atom. The third-order valence-electron chi connectivity index (χ3n) is 5.07. The zero-order chi connectivity index (χ0) is 23.5. The van der Waals surface area contributed by atoms with E-state index in [2.05, 4.69) is 25.5 Å². The highest BCUT2D eigenvalue weighted by molar-refractivity contribution is 5.92. The summed E-state index contributed by atoms with van der Waals surface area (Å²) in [6.45, 7) is 1.64. The fraction of sp³-hybridized carbons (Fsp3) is 0.125. The van der Waals surface area contributed by atoms with Gasteiger partial charge in [-0.05, 0) is 31.2 Å². The zero-order valence-electron chi connectivity index (χ0n) is 18.5. The van der Waals surface area contributed by atoms with Crippen LogP contribution >= 0.6 is 0 Å². The first kappa shape index (κ1) is 21.1. The van der Waals surface area contributed by atoms with Gasteiger partial charge in [0.2, 0.25) is 0 Å². The molecule has 0 aliphatic heterocycles. The number of aryl methyl sites for hydroxylation is 1. The molecule has 0 saturated carbocycles. The minimum atomic E-state index is -0.350. The van der Waals surface area contributed by atoms with E-state index < -0.39 is 0 Å². The van der Waals surface area contributed by atoms with Gasteiger partial charge in [0.25, 0.3) is 5.91 Å². The molecular formula is C24H21N7O3. The molecule has 2 aromatic carbocycles. The average Bonchev–Trinajstić information content (AvgIpc) is 3.46. The maximum absolute atomic E-state index is 12.7. The number of hydrogen-bond donors (Lipinski definition) is 1. The van der Waals surface area contributed by atoms with Crippen LogP contribution in [0.15, 0.2) is 73.2 Å². The van der Waals surface area contributed by atoms with Crippen molar-refractivity contribution in [3.63, 3.8) is 0 Å². The third-order valence-corrected chi connectivity index (χ3v) is 5.07. The number of aromatic nitrogens is 6. The fourth-order valence-electron chi connectivity index (χ4n) is 3.57. The van der Waals surface area contributed by atoms with Gasteiger partial charge in [0, 0.05) is 6.07 Å². The first-order chi connectivity index (χ1) is 16.6. The largest absolute Gasteiger partial charge is 0.493 e. The van der Waals surface area contributed by atoms with E-state index in [0.29, 0.717) is 39.9 Å². The van der Waals surface area contributed by atoms with Crippen LogP contribution in [0.1, 0.15) is 5.69 Å². The Morgan fingerprint density at radius 2 is 1.76 bits per heavy atom. The fourth-order valence-corrected chi connectivity index (χ4v) is 3.57. The Balaban J connectivity index is 1.42. The lowest BCUT2D eigenvalue weighted by Crippen LogP contribution is -2.22. The van der Waals surface area contributed by atoms with Gasteiger partial charge in [-0.2, -0.15) is 14.9 Å². The number of para-hydroxylation sites is 3. The number of carbonyl (C=O) groups is 1. The Bertz CT molecular complexity index is 1460. The molecule has 3 heterocycles. The number of nitrogens with one attached hydrogen (secondary N) is 1. The molecule has 1 amide bonds. The lowest BCUT2D eigenvalue weighted by atomic mass is 10.3. The van der Waals surface area contributed by atoms with E-state index in [-0.39, 0.29) is 12.5 Å². The Labute approximate surface area is 194 Å². The van der Waals surface area contributed by atoms with E-state index >= 15 is 0 Å². The summed E-state index contributed by atoms with van der Waals surface area (Å²) in [4.78, 5) is 21.5. The predicted octanol–water partition coefficient (Wildman–Crippen LogP) is 3.34. The van der Waals surface area contributed by atoms with Crippen molar-refractivity contribution in [1.82, 2.24) is 29.5 Å². The quantitative estimate of drug-likeness (QED) is 0.401. The number of hydrogen-bond acceptors (Lipinski definition) is 7. The number of ether oxygens (including phenoxy) is 2. The number of amides is 1. The molecule has 10 nitrogen and oxygen atoms in total. The van der Waals surface area contributed by atoms with Crippen LogP contribution in [-0.4, -0.2) is 49.2 Å². The van der Waals surface area contributed by atoms with Crippen molar-refractivity contribution in [2.75, 3.05) is 19.0 Å². The molecule has 170 valence electrons. The second-order valence-electron chi connectivity index (χ2n) is 7.40. The molecule has 10 heteroatoms. The highest BCUT2D eigenvalue weighted by Crippen LogP contribution is 2.26. The third kappa shape index (κ3) is 4.04. The first-order valence-electron chi connectivity index (χ1n) is 10.5. The molecule has 0 atom stereocenters. The summed E-state index contributed by atoms with van der Waals surface area (Å²) in [5, 5.41) is 12.5. The maximum Gasteiger partial charge on any atom is 0.263 e. The van der Waals surface area contributed by atoms with Crippen LogP contribution in [0.25, 0.3) is 22.5 Å². The smallest absolute Gasteiger partial charge is 0.263 e. The van der Waals surface area contributed by atoms with E-state index in [0.717, 1.165) is 5.69 Å². The number of methoxy groups -OCH3 is 1. The number of nitrogens with zero attached hydrogens (tertiary/aromatic N) is 6. The van der Waals surface area contributed by atoms with E-state index in [9.17, 15) is 4.79 Å². The summed E-state index contributed by atoms with van der Waals surface area (Å²) >= 11 is 0. The van der Waals surface area contributed by atoms with Gasteiger partial charge in [0.05, 0.1) is 30.1 Å². The predicted molar refractivity (Wildman–Crippen MR) is 126 cm³/mol. The molecule has 0 radical (unpaired) electrons. The Kier molecular flexibility index (Phi) is 5.61. The summed E-state index contributed by atoms with van der Waals surface area (Å²) in [5.74, 6) is 1.64. The molecular weight excluding hydrogens is 434 g/mol. The minimum absolute atomic E-state index is 0.199. The monoisotopic (exact) mass is 455 g/mol. The van der Waals surface area contributed by atoms with Crippen LogP contribution in [0.2, 0.25) is 0 Å². The average molecular weight is 455 g/mol. The van der Waals surface area contributed by atoms with Gasteiger partial charge in [0.1, 0.15) is 12.1 Å². The lowest BCUT2D eigenvalue weighted by Gasteiger charge is -2.11. The molecule has 0 aliphatic rings. The van der Waals surface area contributed by atoms with E-state index in [4.69, 9.17) is 9.47 Å². The van der Waals surface area contributed by atoms with E-state index in [1.165, 1.54) is 6.33 Å². The molecule has 3 aromatic heterocycles. The number of fused-ring (bicyclic) bond motifs is 1. The Morgan fingerprint density at radius 1 is 1.00 bits per heavy atom. The van der Waals surface area contributed by atoms with E-state index in [1.54, 1.807) is 40.9 Å². The van der Waals surface area contributed by atoms with Crippen molar-refractivity contribution >= 4 is 22.8 Å². The Hall–Kier alpha value is -4.73. The van der Waals surface area contributed by atoms with Crippen molar-refractivity contribution in [2.45, 2.75) is 6.92 Å². The topological polar surface area (TPSA) is 109 Å². The molecule has 1 N–H and O–H groups in total. The van der Waals surface area contributed by atoms with Crippen LogP contribution in [0.3, 0.4) is 0 Å². The van der Waals surface area contributed by atoms with E-state index in [1.807, 2.05) is 49.4 Å². The van der Waals surface area contributed by atoms with Crippen molar-refractivity contribution < 1.29 is 14.3 Å². The van der Waals surface area contributed by atoms with Gasteiger partial charge in [-0.25, -0.2) is 14.6 Å². The summed E-state index contributed by atoms with van der Waals surface area (Å²) in [6, 6.07) is 18.6. The SMILES string of the molecule is COc1ccccc1OCC(=O)Nc1cc(C)nn1-c1ncnc2c1cnn2-c1ccccc1. The molecule has 0 bridgehead atoms. The molecule has 0 saturated heterocycles. The number of carbonyl (C=O) groups excluding carboxylic acids is 1. The van der Waals surface area contributed by atoms with Crippen molar-refractivity contribution in [2.24, 2.45) is 0 Å². The van der Waals surface area contributed by atoms with Crippen LogP contribution < -0.4 is 14.8 Å². The molecule has 0 spiro atoms. The van der Waals surface area contributed by atoms with Crippen LogP contribution in [-0.2, 0) is 4.79 Å². The lowest BCUT2D eigenvalue weighted by molar-refractivity contribution is -0.118. The van der Waals surface area contributed by atoms with Crippen LogP contribution in [0.5, 0.6) is 11.5 Å². The molecule has 34 heavy (non-hydrogen) atoms. The van der Waals surface area contributed by atoms with Gasteiger partial charge in [-0.3, -0.25) is 4.79 Å². The number of rotatable bonds is 7. The van der Waals surface area contributed by atoms with Gasteiger partial charge in [0.15, 0.2) is 29.6 Å². The van der Waals surface area contributed by atoms with Crippen LogP contribution in [0.4, 0.5) is 5.82 Å². The summed E-state index contributed by atoms with van der Waals surface area (Å²) in [6.07, 6.45) is 3.14. The maximum atomic E-state index is 12.7. The normalized spacial score (nSPS) is 10.9. The van der Waals surface area contributed by atoms with Crippen molar-refractivity contribution in [1.29, 1.82) is 0 Å². The molecule has 5 aromatic rings. The van der Waals surface area contributed by atoms with Gasteiger partial charge >= 0.3 is 0 Å². The van der Waals surface area contributed by atoms with Gasteiger partial charge in [-0.1, -0.05) is 30.3 Å². The highest BCUT2D eigenvalue weighted by Gasteiger charge is 2.18. The van der Waals surface area contributed by atoms with Crippen molar-refractivity contribution in [3.8, 4) is 23.0 Å². The molecule has 0 unspecified atom stereocenters.